The highest BCUT2D eigenvalue weighted by Crippen LogP contribution is 2.38. The number of benzene rings is 1. The van der Waals surface area contributed by atoms with E-state index >= 15 is 0 Å². The Balaban J connectivity index is 2.32. The van der Waals surface area contributed by atoms with Crippen LogP contribution in [0.3, 0.4) is 0 Å². The number of aryl methyl sites for hydroxylation is 2. The van der Waals surface area contributed by atoms with E-state index in [9.17, 15) is 0 Å². The van der Waals surface area contributed by atoms with Crippen LogP contribution in [0.15, 0.2) is 12.1 Å². The molecule has 1 aromatic rings. The highest BCUT2D eigenvalue weighted by molar-refractivity contribution is 5.43. The molecular formula is C15H23NO. The predicted molar refractivity (Wildman–Crippen MR) is 71.4 cm³/mol. The van der Waals surface area contributed by atoms with Crippen molar-refractivity contribution < 1.29 is 4.74 Å². The zero-order valence-corrected chi connectivity index (χ0v) is 11.1. The molecule has 1 saturated carbocycles. The molecule has 94 valence electrons. The average molecular weight is 233 g/mol. The van der Waals surface area contributed by atoms with Gasteiger partial charge in [0.2, 0.25) is 0 Å². The van der Waals surface area contributed by atoms with Crippen molar-refractivity contribution in [2.45, 2.75) is 45.6 Å². The monoisotopic (exact) mass is 233 g/mol. The summed E-state index contributed by atoms with van der Waals surface area (Å²) in [5, 5.41) is 0. The molecule has 2 nitrogen and oxygen atoms in total. The van der Waals surface area contributed by atoms with E-state index in [0.29, 0.717) is 5.92 Å². The second-order valence-corrected chi connectivity index (χ2v) is 5.25. The number of hydrogen-bond donors (Lipinski definition) is 1. The first-order valence-corrected chi connectivity index (χ1v) is 6.54. The van der Waals surface area contributed by atoms with Crippen LogP contribution in [0.4, 0.5) is 0 Å². The fourth-order valence-electron chi connectivity index (χ4n) is 2.82. The van der Waals surface area contributed by atoms with Gasteiger partial charge in [-0.15, -0.1) is 0 Å². The van der Waals surface area contributed by atoms with Crippen molar-refractivity contribution in [2.24, 2.45) is 11.7 Å². The summed E-state index contributed by atoms with van der Waals surface area (Å²) < 4.78 is 5.48. The molecule has 0 radical (unpaired) electrons. The third kappa shape index (κ3) is 2.47. The first-order valence-electron chi connectivity index (χ1n) is 6.54. The van der Waals surface area contributed by atoms with Crippen molar-refractivity contribution in [3.05, 3.63) is 28.8 Å². The molecule has 1 aliphatic rings. The number of nitrogens with two attached hydrogens (primary N) is 1. The molecule has 0 amide bonds. The highest BCUT2D eigenvalue weighted by atomic mass is 16.5. The molecule has 0 heterocycles. The van der Waals surface area contributed by atoms with Gasteiger partial charge in [-0.3, -0.25) is 0 Å². The van der Waals surface area contributed by atoms with Crippen molar-refractivity contribution in [1.82, 2.24) is 0 Å². The fourth-order valence-corrected chi connectivity index (χ4v) is 2.82. The van der Waals surface area contributed by atoms with Crippen LogP contribution >= 0.6 is 0 Å². The Bertz CT molecular complexity index is 394. The van der Waals surface area contributed by atoms with Gasteiger partial charge in [-0.1, -0.05) is 18.9 Å². The Labute approximate surface area is 104 Å². The van der Waals surface area contributed by atoms with Crippen LogP contribution in [-0.4, -0.2) is 7.11 Å². The first kappa shape index (κ1) is 12.4. The molecule has 1 fully saturated rings. The third-order valence-corrected chi connectivity index (χ3v) is 4.11. The minimum atomic E-state index is 0.131. The number of methoxy groups -OCH3 is 1. The van der Waals surface area contributed by atoms with Gasteiger partial charge in [0, 0.05) is 11.6 Å². The molecule has 0 aromatic heterocycles. The van der Waals surface area contributed by atoms with Gasteiger partial charge < -0.3 is 10.5 Å². The van der Waals surface area contributed by atoms with Gasteiger partial charge in [0.15, 0.2) is 0 Å². The van der Waals surface area contributed by atoms with Crippen LogP contribution < -0.4 is 10.5 Å². The van der Waals surface area contributed by atoms with E-state index in [1.165, 1.54) is 42.4 Å². The first-order chi connectivity index (χ1) is 8.13. The Morgan fingerprint density at radius 2 is 1.76 bits per heavy atom. The Morgan fingerprint density at radius 1 is 1.18 bits per heavy atom. The van der Waals surface area contributed by atoms with Gasteiger partial charge in [-0.2, -0.15) is 0 Å². The Kier molecular flexibility index (Phi) is 3.72. The van der Waals surface area contributed by atoms with E-state index in [1.54, 1.807) is 7.11 Å². The molecule has 17 heavy (non-hydrogen) atoms. The van der Waals surface area contributed by atoms with Gasteiger partial charge in [-0.05, 0) is 49.8 Å². The van der Waals surface area contributed by atoms with Crippen molar-refractivity contribution in [3.63, 3.8) is 0 Å². The Morgan fingerprint density at radius 3 is 2.35 bits per heavy atom. The van der Waals surface area contributed by atoms with Crippen LogP contribution in [0.1, 0.15) is 48.4 Å². The zero-order valence-electron chi connectivity index (χ0n) is 11.1. The molecule has 1 atom stereocenters. The summed E-state index contributed by atoms with van der Waals surface area (Å²) in [5.41, 5.74) is 10.2. The van der Waals surface area contributed by atoms with Crippen LogP contribution in [0.25, 0.3) is 0 Å². The van der Waals surface area contributed by atoms with Crippen molar-refractivity contribution >= 4 is 0 Å². The number of rotatable bonds is 3. The van der Waals surface area contributed by atoms with E-state index in [-0.39, 0.29) is 6.04 Å². The second kappa shape index (κ2) is 5.09. The summed E-state index contributed by atoms with van der Waals surface area (Å²) in [7, 11) is 1.73. The zero-order chi connectivity index (χ0) is 12.4. The SMILES string of the molecule is COc1cc(C)c(C)cc1C(N)C1CCCC1. The van der Waals surface area contributed by atoms with Crippen LogP contribution in [0.5, 0.6) is 5.75 Å². The normalized spacial score (nSPS) is 18.4. The largest absolute Gasteiger partial charge is 0.496 e. The lowest BCUT2D eigenvalue weighted by Gasteiger charge is -2.22. The average Bonchev–Trinajstić information content (AvgIpc) is 2.84. The molecule has 2 rings (SSSR count). The number of hydrogen-bond acceptors (Lipinski definition) is 2. The summed E-state index contributed by atoms with van der Waals surface area (Å²) in [6, 6.07) is 4.45. The topological polar surface area (TPSA) is 35.2 Å². The third-order valence-electron chi connectivity index (χ3n) is 4.11. The summed E-state index contributed by atoms with van der Waals surface area (Å²) in [6.07, 6.45) is 5.17. The van der Waals surface area contributed by atoms with E-state index in [0.717, 1.165) is 5.75 Å². The van der Waals surface area contributed by atoms with Gasteiger partial charge in [0.25, 0.3) is 0 Å². The van der Waals surface area contributed by atoms with Crippen molar-refractivity contribution in [3.8, 4) is 5.75 Å². The molecule has 0 aliphatic heterocycles. The van der Waals surface area contributed by atoms with Crippen LogP contribution in [-0.2, 0) is 0 Å². The van der Waals surface area contributed by atoms with Gasteiger partial charge in [-0.25, -0.2) is 0 Å². The quantitative estimate of drug-likeness (QED) is 0.867. The molecule has 1 unspecified atom stereocenters. The lowest BCUT2D eigenvalue weighted by molar-refractivity contribution is 0.384. The smallest absolute Gasteiger partial charge is 0.123 e. The summed E-state index contributed by atoms with van der Waals surface area (Å²) >= 11 is 0. The molecule has 1 aliphatic carbocycles. The standard InChI is InChI=1S/C15H23NO/c1-10-8-13(14(17-3)9-11(10)2)15(16)12-6-4-5-7-12/h8-9,12,15H,4-7,16H2,1-3H3. The highest BCUT2D eigenvalue weighted by Gasteiger charge is 2.25. The van der Waals surface area contributed by atoms with Crippen LogP contribution in [0.2, 0.25) is 0 Å². The van der Waals surface area contributed by atoms with E-state index in [1.807, 2.05) is 0 Å². The van der Waals surface area contributed by atoms with Gasteiger partial charge in [0.05, 0.1) is 7.11 Å². The molecular weight excluding hydrogens is 210 g/mol. The fraction of sp³-hybridized carbons (Fsp3) is 0.600. The predicted octanol–water partition coefficient (Wildman–Crippen LogP) is 3.50. The summed E-state index contributed by atoms with van der Waals surface area (Å²) in [5.74, 6) is 1.58. The second-order valence-electron chi connectivity index (χ2n) is 5.25. The van der Waals surface area contributed by atoms with Gasteiger partial charge in [0.1, 0.15) is 5.75 Å². The molecule has 2 heteroatoms. The van der Waals surface area contributed by atoms with E-state index < -0.39 is 0 Å². The number of ether oxygens (including phenoxy) is 1. The molecule has 1 aromatic carbocycles. The summed E-state index contributed by atoms with van der Waals surface area (Å²) in [4.78, 5) is 0. The maximum absolute atomic E-state index is 6.42. The molecule has 0 bridgehead atoms. The van der Waals surface area contributed by atoms with Crippen LogP contribution in [0, 0.1) is 19.8 Å². The minimum Gasteiger partial charge on any atom is -0.496 e. The van der Waals surface area contributed by atoms with Crippen molar-refractivity contribution in [2.75, 3.05) is 7.11 Å². The van der Waals surface area contributed by atoms with Crippen molar-refractivity contribution in [1.29, 1.82) is 0 Å². The minimum absolute atomic E-state index is 0.131. The lowest BCUT2D eigenvalue weighted by atomic mass is 9.90. The lowest BCUT2D eigenvalue weighted by Crippen LogP contribution is -2.20. The molecule has 0 spiro atoms. The maximum atomic E-state index is 6.42. The maximum Gasteiger partial charge on any atom is 0.123 e. The van der Waals surface area contributed by atoms with Gasteiger partial charge >= 0.3 is 0 Å². The van der Waals surface area contributed by atoms with E-state index in [2.05, 4.69) is 26.0 Å². The molecule has 2 N–H and O–H groups in total. The molecule has 0 saturated heterocycles. The summed E-state index contributed by atoms with van der Waals surface area (Å²) in [6.45, 7) is 4.25. The van der Waals surface area contributed by atoms with E-state index in [4.69, 9.17) is 10.5 Å². The Hall–Kier alpha value is -1.02.